The molecule has 0 spiro atoms. The number of morpholine rings is 1. The molecule has 5 nitrogen and oxygen atoms in total. The summed E-state index contributed by atoms with van der Waals surface area (Å²) in [6.07, 6.45) is -0.286. The summed E-state index contributed by atoms with van der Waals surface area (Å²) >= 11 is 0. The van der Waals surface area contributed by atoms with Gasteiger partial charge in [0, 0.05) is 18.8 Å². The number of anilines is 1. The number of hydrogen-bond acceptors (Lipinski definition) is 4. The fourth-order valence-corrected chi connectivity index (χ4v) is 2.07. The van der Waals surface area contributed by atoms with Crippen LogP contribution < -0.4 is 15.4 Å². The maximum absolute atomic E-state index is 12.0. The molecule has 1 atom stereocenters. The SMILES string of the molecule is Cc1cc(NC(=O)C2CNCCO2)ccc1OC(C)C.Cl. The van der Waals surface area contributed by atoms with Crippen molar-refractivity contribution in [3.8, 4) is 5.75 Å². The van der Waals surface area contributed by atoms with Crippen LogP contribution in [0, 0.1) is 6.92 Å². The molecule has 0 aliphatic carbocycles. The first-order chi connectivity index (χ1) is 9.56. The average Bonchev–Trinajstić information content (AvgIpc) is 2.42. The van der Waals surface area contributed by atoms with Crippen molar-refractivity contribution in [1.82, 2.24) is 5.32 Å². The summed E-state index contributed by atoms with van der Waals surface area (Å²) in [5.41, 5.74) is 1.76. The summed E-state index contributed by atoms with van der Waals surface area (Å²) in [6, 6.07) is 5.63. The van der Waals surface area contributed by atoms with Crippen molar-refractivity contribution in [2.24, 2.45) is 0 Å². The van der Waals surface area contributed by atoms with Crippen LogP contribution in [-0.4, -0.2) is 37.8 Å². The first-order valence-corrected chi connectivity index (χ1v) is 6.97. The summed E-state index contributed by atoms with van der Waals surface area (Å²) in [6.45, 7) is 7.86. The van der Waals surface area contributed by atoms with E-state index in [9.17, 15) is 4.79 Å². The fourth-order valence-electron chi connectivity index (χ4n) is 2.07. The number of amides is 1. The zero-order valence-corrected chi connectivity index (χ0v) is 13.5. The number of carbonyl (C=O) groups is 1. The minimum atomic E-state index is -0.421. The highest BCUT2D eigenvalue weighted by Gasteiger charge is 2.21. The lowest BCUT2D eigenvalue weighted by Gasteiger charge is -2.23. The molecule has 2 N–H and O–H groups in total. The van der Waals surface area contributed by atoms with E-state index in [4.69, 9.17) is 9.47 Å². The van der Waals surface area contributed by atoms with Crippen molar-refractivity contribution >= 4 is 24.0 Å². The van der Waals surface area contributed by atoms with Crippen molar-refractivity contribution in [2.75, 3.05) is 25.0 Å². The van der Waals surface area contributed by atoms with E-state index in [1.807, 2.05) is 39.0 Å². The molecule has 1 aromatic rings. The predicted octanol–water partition coefficient (Wildman–Crippen LogP) is 2.13. The molecule has 1 unspecified atom stereocenters. The van der Waals surface area contributed by atoms with Gasteiger partial charge in [0.05, 0.1) is 12.7 Å². The molecule has 2 rings (SSSR count). The molecule has 21 heavy (non-hydrogen) atoms. The molecular weight excluding hydrogens is 292 g/mol. The van der Waals surface area contributed by atoms with Crippen LogP contribution in [0.25, 0.3) is 0 Å². The van der Waals surface area contributed by atoms with Crippen molar-refractivity contribution < 1.29 is 14.3 Å². The first kappa shape index (κ1) is 17.8. The molecule has 1 saturated heterocycles. The second-order valence-electron chi connectivity index (χ2n) is 5.20. The number of carbonyl (C=O) groups excluding carboxylic acids is 1. The number of aryl methyl sites for hydroxylation is 1. The van der Waals surface area contributed by atoms with Gasteiger partial charge in [0.1, 0.15) is 11.9 Å². The van der Waals surface area contributed by atoms with E-state index >= 15 is 0 Å². The Balaban J connectivity index is 0.00000220. The Morgan fingerprint density at radius 1 is 1.48 bits per heavy atom. The minimum Gasteiger partial charge on any atom is -0.491 e. The van der Waals surface area contributed by atoms with Gasteiger partial charge < -0.3 is 20.1 Å². The van der Waals surface area contributed by atoms with E-state index in [1.54, 1.807) is 0 Å². The third-order valence-electron chi connectivity index (χ3n) is 3.03. The molecule has 6 heteroatoms. The highest BCUT2D eigenvalue weighted by atomic mass is 35.5. The highest BCUT2D eigenvalue weighted by molar-refractivity contribution is 5.94. The van der Waals surface area contributed by atoms with Gasteiger partial charge in [0.2, 0.25) is 0 Å². The Bertz CT molecular complexity index is 474. The molecule has 1 aliphatic heterocycles. The van der Waals surface area contributed by atoms with Gasteiger partial charge in [-0.15, -0.1) is 12.4 Å². The first-order valence-electron chi connectivity index (χ1n) is 6.97. The standard InChI is InChI=1S/C15H22N2O3.ClH/c1-10(2)20-13-5-4-12(8-11(13)3)17-15(18)14-9-16-6-7-19-14;/h4-5,8,10,14,16H,6-7,9H2,1-3H3,(H,17,18);1H. The molecule has 118 valence electrons. The number of ether oxygens (including phenoxy) is 2. The number of halogens is 1. The van der Waals surface area contributed by atoms with Gasteiger partial charge in [-0.1, -0.05) is 0 Å². The Morgan fingerprint density at radius 3 is 2.81 bits per heavy atom. The van der Waals surface area contributed by atoms with E-state index in [-0.39, 0.29) is 24.4 Å². The van der Waals surface area contributed by atoms with Gasteiger partial charge in [-0.25, -0.2) is 0 Å². The van der Waals surface area contributed by atoms with E-state index in [2.05, 4.69) is 10.6 Å². The number of rotatable bonds is 4. The molecule has 0 radical (unpaired) electrons. The van der Waals surface area contributed by atoms with Crippen LogP contribution >= 0.6 is 12.4 Å². The second kappa shape index (κ2) is 8.22. The van der Waals surface area contributed by atoms with Crippen molar-refractivity contribution in [2.45, 2.75) is 33.0 Å². The van der Waals surface area contributed by atoms with E-state index in [0.29, 0.717) is 13.2 Å². The van der Waals surface area contributed by atoms with Gasteiger partial charge in [0.25, 0.3) is 5.91 Å². The van der Waals surface area contributed by atoms with E-state index in [0.717, 1.165) is 23.5 Å². The zero-order valence-electron chi connectivity index (χ0n) is 12.6. The van der Waals surface area contributed by atoms with E-state index < -0.39 is 6.10 Å². The Kier molecular flexibility index (Phi) is 6.95. The number of hydrogen-bond donors (Lipinski definition) is 2. The molecular formula is C15H23ClN2O3. The van der Waals surface area contributed by atoms with Gasteiger partial charge in [-0.3, -0.25) is 4.79 Å². The van der Waals surface area contributed by atoms with Crippen LogP contribution in [0.2, 0.25) is 0 Å². The normalized spacial score (nSPS) is 18.0. The lowest BCUT2D eigenvalue weighted by Crippen LogP contribution is -2.45. The Hall–Kier alpha value is -1.30. The van der Waals surface area contributed by atoms with Gasteiger partial charge in [-0.05, 0) is 44.5 Å². The highest BCUT2D eigenvalue weighted by Crippen LogP contribution is 2.23. The van der Waals surface area contributed by atoms with Crippen LogP contribution in [0.1, 0.15) is 19.4 Å². The van der Waals surface area contributed by atoms with Crippen LogP contribution in [-0.2, 0) is 9.53 Å². The van der Waals surface area contributed by atoms with Gasteiger partial charge in [0.15, 0.2) is 0 Å². The van der Waals surface area contributed by atoms with Gasteiger partial charge >= 0.3 is 0 Å². The van der Waals surface area contributed by atoms with Crippen LogP contribution in [0.4, 0.5) is 5.69 Å². The second-order valence-corrected chi connectivity index (χ2v) is 5.20. The average molecular weight is 315 g/mol. The van der Waals surface area contributed by atoms with Crippen LogP contribution in [0.5, 0.6) is 5.75 Å². The maximum Gasteiger partial charge on any atom is 0.254 e. The third-order valence-corrected chi connectivity index (χ3v) is 3.03. The molecule has 1 aromatic carbocycles. The molecule has 0 bridgehead atoms. The van der Waals surface area contributed by atoms with Crippen molar-refractivity contribution in [1.29, 1.82) is 0 Å². The summed E-state index contributed by atoms with van der Waals surface area (Å²) < 4.78 is 11.1. The molecule has 0 saturated carbocycles. The molecule has 1 fully saturated rings. The zero-order chi connectivity index (χ0) is 14.5. The Labute approximate surface area is 131 Å². The molecule has 1 aliphatic rings. The third kappa shape index (κ3) is 5.19. The largest absolute Gasteiger partial charge is 0.491 e. The van der Waals surface area contributed by atoms with Crippen molar-refractivity contribution in [3.63, 3.8) is 0 Å². The summed E-state index contributed by atoms with van der Waals surface area (Å²) in [5, 5.41) is 6.01. The maximum atomic E-state index is 12.0. The molecule has 1 amide bonds. The lowest BCUT2D eigenvalue weighted by atomic mass is 10.2. The molecule has 1 heterocycles. The van der Waals surface area contributed by atoms with Crippen molar-refractivity contribution in [3.05, 3.63) is 23.8 Å². The Morgan fingerprint density at radius 2 is 2.24 bits per heavy atom. The number of nitrogens with one attached hydrogen (secondary N) is 2. The summed E-state index contributed by atoms with van der Waals surface area (Å²) in [4.78, 5) is 12.0. The number of benzene rings is 1. The van der Waals surface area contributed by atoms with Gasteiger partial charge in [-0.2, -0.15) is 0 Å². The quantitative estimate of drug-likeness (QED) is 0.894. The molecule has 0 aromatic heterocycles. The van der Waals surface area contributed by atoms with E-state index in [1.165, 1.54) is 0 Å². The van der Waals surface area contributed by atoms with Crippen LogP contribution in [0.3, 0.4) is 0 Å². The summed E-state index contributed by atoms with van der Waals surface area (Å²) in [5.74, 6) is 0.725. The van der Waals surface area contributed by atoms with Crippen LogP contribution in [0.15, 0.2) is 18.2 Å². The fraction of sp³-hybridized carbons (Fsp3) is 0.533. The smallest absolute Gasteiger partial charge is 0.254 e. The minimum absolute atomic E-state index is 0. The predicted molar refractivity (Wildman–Crippen MR) is 85.4 cm³/mol. The topological polar surface area (TPSA) is 59.6 Å². The summed E-state index contributed by atoms with van der Waals surface area (Å²) in [7, 11) is 0. The lowest BCUT2D eigenvalue weighted by molar-refractivity contribution is -0.128. The monoisotopic (exact) mass is 314 g/mol.